The van der Waals surface area contributed by atoms with Gasteiger partial charge in [-0.05, 0) is 56.0 Å². The Labute approximate surface area is 305 Å². The number of amides is 5. The molecule has 4 aliphatic heterocycles. The van der Waals surface area contributed by atoms with Gasteiger partial charge in [0.05, 0.1) is 23.1 Å². The van der Waals surface area contributed by atoms with E-state index in [1.54, 1.807) is 36.4 Å². The number of piperidine rings is 1. The maximum absolute atomic E-state index is 13.6. The molecular weight excluding hydrogens is 680 g/mol. The van der Waals surface area contributed by atoms with Gasteiger partial charge in [-0.2, -0.15) is 0 Å². The van der Waals surface area contributed by atoms with Gasteiger partial charge in [0.25, 0.3) is 11.8 Å². The van der Waals surface area contributed by atoms with Crippen LogP contribution >= 0.6 is 0 Å². The van der Waals surface area contributed by atoms with E-state index in [0.29, 0.717) is 48.2 Å². The molecule has 15 heteroatoms. The lowest BCUT2D eigenvalue weighted by Crippen LogP contribution is -2.71. The topological polar surface area (TPSA) is 192 Å². The van der Waals surface area contributed by atoms with Crippen LogP contribution in [0.4, 0.5) is 11.5 Å². The van der Waals surface area contributed by atoms with E-state index in [1.807, 2.05) is 17.0 Å². The van der Waals surface area contributed by atoms with Crippen LogP contribution in [0.5, 0.6) is 11.5 Å². The van der Waals surface area contributed by atoms with E-state index in [4.69, 9.17) is 10.5 Å². The molecule has 1 unspecified atom stereocenters. The SMILES string of the molecule is Nc1nnc(-c2ccccc2O)cc1OCC12CC(C(=O)N3CCN(CC4CN(c5ccc6c(c5)C(=O)N(C5CCC(=O)NC5=O)C6=O)C4)CC3)(C1)C2. The van der Waals surface area contributed by atoms with Gasteiger partial charge in [-0.15, -0.1) is 10.2 Å². The molecule has 6 fully saturated rings. The van der Waals surface area contributed by atoms with Crippen molar-refractivity contribution in [1.82, 2.24) is 30.2 Å². The van der Waals surface area contributed by atoms with Crippen molar-refractivity contribution in [3.63, 3.8) is 0 Å². The number of nitrogens with one attached hydrogen (secondary N) is 1. The second-order valence-electron chi connectivity index (χ2n) is 15.6. The third-order valence-corrected chi connectivity index (χ3v) is 12.0. The summed E-state index contributed by atoms with van der Waals surface area (Å²) in [7, 11) is 0. The fraction of sp³-hybridized carbons (Fsp3) is 0.447. The van der Waals surface area contributed by atoms with E-state index in [0.717, 1.165) is 62.6 Å². The molecule has 53 heavy (non-hydrogen) atoms. The van der Waals surface area contributed by atoms with Gasteiger partial charge < -0.3 is 25.4 Å². The number of nitrogen functional groups attached to an aromatic ring is 1. The van der Waals surface area contributed by atoms with Crippen molar-refractivity contribution in [3.05, 3.63) is 59.7 Å². The smallest absolute Gasteiger partial charge is 0.262 e. The molecule has 3 aromatic rings. The van der Waals surface area contributed by atoms with Crippen molar-refractivity contribution in [2.24, 2.45) is 16.7 Å². The predicted octanol–water partition coefficient (Wildman–Crippen LogP) is 1.66. The standard InChI is InChI=1S/C38H40N8O7/c39-32-30(14-27(41-42-32)25-3-1-2-4-29(25)47)53-21-37-18-38(19-37,20-37)36(52)44-11-9-43(10-12-44)15-22-16-45(17-22)23-5-6-24-26(13-23)35(51)46(34(24)50)28-7-8-31(48)40-33(28)49/h1-6,13-14,22,28,47H,7-12,15-21H2,(H2,39,42)(H,40,48,49). The number of carbonyl (C=O) groups excluding carboxylic acids is 5. The van der Waals surface area contributed by atoms with Crippen LogP contribution < -0.4 is 20.7 Å². The van der Waals surface area contributed by atoms with Crippen molar-refractivity contribution in [2.75, 3.05) is 63.1 Å². The highest BCUT2D eigenvalue weighted by Gasteiger charge is 2.72. The molecule has 4 N–H and O–H groups in total. The Bertz CT molecular complexity index is 2050. The number of hydrogen-bond donors (Lipinski definition) is 3. The normalized spacial score (nSPS) is 26.8. The zero-order valence-corrected chi connectivity index (χ0v) is 29.1. The first-order valence-electron chi connectivity index (χ1n) is 18.2. The lowest BCUT2D eigenvalue weighted by Gasteiger charge is -2.69. The van der Waals surface area contributed by atoms with E-state index in [1.165, 1.54) is 0 Å². The highest BCUT2D eigenvalue weighted by atomic mass is 16.5. The van der Waals surface area contributed by atoms with Crippen LogP contribution in [-0.4, -0.2) is 118 Å². The van der Waals surface area contributed by atoms with Crippen LogP contribution in [0.15, 0.2) is 48.5 Å². The van der Waals surface area contributed by atoms with Gasteiger partial charge in [-0.25, -0.2) is 0 Å². The number of fused-ring (bicyclic) bond motifs is 1. The maximum atomic E-state index is 13.6. The summed E-state index contributed by atoms with van der Waals surface area (Å²) in [6.07, 6.45) is 2.63. The van der Waals surface area contributed by atoms with Gasteiger partial charge in [0.2, 0.25) is 17.7 Å². The molecule has 0 radical (unpaired) electrons. The monoisotopic (exact) mass is 720 g/mol. The first-order valence-corrected chi connectivity index (χ1v) is 18.2. The fourth-order valence-corrected chi connectivity index (χ4v) is 9.32. The molecule has 7 aliphatic rings. The molecule has 3 saturated heterocycles. The number of ether oxygens (including phenoxy) is 1. The Hall–Kier alpha value is -5.57. The molecule has 5 amide bonds. The molecule has 2 aromatic carbocycles. The molecule has 1 atom stereocenters. The summed E-state index contributed by atoms with van der Waals surface area (Å²) in [5.41, 5.74) is 8.19. The van der Waals surface area contributed by atoms with Crippen LogP contribution in [0.3, 0.4) is 0 Å². The average molecular weight is 721 g/mol. The number of anilines is 2. The number of phenolic OH excluding ortho intramolecular Hbond substituents is 1. The number of piperazine rings is 1. The van der Waals surface area contributed by atoms with Crippen LogP contribution in [-0.2, 0) is 14.4 Å². The number of aromatic nitrogens is 2. The lowest BCUT2D eigenvalue weighted by molar-refractivity contribution is -0.226. The first kappa shape index (κ1) is 33.3. The number of rotatable bonds is 9. The Kier molecular flexibility index (Phi) is 7.69. The van der Waals surface area contributed by atoms with E-state index < -0.39 is 29.7 Å². The van der Waals surface area contributed by atoms with E-state index in [2.05, 4.69) is 25.3 Å². The Morgan fingerprint density at radius 1 is 0.925 bits per heavy atom. The van der Waals surface area contributed by atoms with Crippen molar-refractivity contribution in [3.8, 4) is 22.8 Å². The second kappa shape index (κ2) is 12.3. The number of phenols is 1. The summed E-state index contributed by atoms with van der Waals surface area (Å²) < 4.78 is 6.12. The zero-order chi connectivity index (χ0) is 36.6. The van der Waals surface area contributed by atoms with Gasteiger partial charge in [0, 0.05) is 80.9 Å². The molecule has 2 bridgehead atoms. The van der Waals surface area contributed by atoms with E-state index in [9.17, 15) is 29.1 Å². The quantitative estimate of drug-likeness (QED) is 0.272. The van der Waals surface area contributed by atoms with Crippen molar-refractivity contribution >= 4 is 41.0 Å². The lowest BCUT2D eigenvalue weighted by atomic mass is 9.35. The molecule has 3 saturated carbocycles. The minimum absolute atomic E-state index is 0.0348. The second-order valence-corrected chi connectivity index (χ2v) is 15.6. The average Bonchev–Trinajstić information content (AvgIpc) is 3.34. The third-order valence-electron chi connectivity index (χ3n) is 12.0. The van der Waals surface area contributed by atoms with E-state index in [-0.39, 0.29) is 46.7 Å². The van der Waals surface area contributed by atoms with Crippen molar-refractivity contribution < 1.29 is 33.8 Å². The molecule has 3 aliphatic carbocycles. The van der Waals surface area contributed by atoms with Crippen LogP contribution in [0.2, 0.25) is 0 Å². The number of carbonyl (C=O) groups is 5. The zero-order valence-electron chi connectivity index (χ0n) is 29.1. The fourth-order valence-electron chi connectivity index (χ4n) is 9.32. The molecule has 1 aromatic heterocycles. The molecule has 0 spiro atoms. The summed E-state index contributed by atoms with van der Waals surface area (Å²) in [5, 5.41) is 20.6. The number of hydrogen-bond acceptors (Lipinski definition) is 12. The van der Waals surface area contributed by atoms with Gasteiger partial charge in [-0.3, -0.25) is 39.1 Å². The third kappa shape index (κ3) is 5.56. The molecule has 15 nitrogen and oxygen atoms in total. The van der Waals surface area contributed by atoms with Crippen molar-refractivity contribution in [2.45, 2.75) is 38.1 Å². The van der Waals surface area contributed by atoms with Crippen molar-refractivity contribution in [1.29, 1.82) is 0 Å². The Balaban J connectivity index is 0.724. The predicted molar refractivity (Wildman–Crippen MR) is 190 cm³/mol. The minimum Gasteiger partial charge on any atom is -0.507 e. The van der Waals surface area contributed by atoms with Gasteiger partial charge >= 0.3 is 0 Å². The van der Waals surface area contributed by atoms with Crippen LogP contribution in [0.25, 0.3) is 11.3 Å². The number of imide groups is 2. The minimum atomic E-state index is -0.980. The molecule has 5 heterocycles. The summed E-state index contributed by atoms with van der Waals surface area (Å²) >= 11 is 0. The Morgan fingerprint density at radius 3 is 2.40 bits per heavy atom. The first-order chi connectivity index (χ1) is 25.5. The number of nitrogens with zero attached hydrogens (tertiary/aromatic N) is 6. The number of aromatic hydroxyl groups is 1. The molecule has 274 valence electrons. The summed E-state index contributed by atoms with van der Waals surface area (Å²) in [4.78, 5) is 71.5. The number of benzene rings is 2. The van der Waals surface area contributed by atoms with Gasteiger partial charge in [0.15, 0.2) is 11.6 Å². The maximum Gasteiger partial charge on any atom is 0.262 e. The number of nitrogens with two attached hydrogens (primary N) is 1. The van der Waals surface area contributed by atoms with Crippen LogP contribution in [0, 0.1) is 16.7 Å². The summed E-state index contributed by atoms with van der Waals surface area (Å²) in [5.74, 6) is -0.613. The van der Waals surface area contributed by atoms with Gasteiger partial charge in [-0.1, -0.05) is 12.1 Å². The largest absolute Gasteiger partial charge is 0.507 e. The number of para-hydroxylation sites is 1. The highest BCUT2D eigenvalue weighted by Crippen LogP contribution is 2.73. The van der Waals surface area contributed by atoms with Crippen LogP contribution in [0.1, 0.15) is 52.8 Å². The molecule has 10 rings (SSSR count). The Morgan fingerprint density at radius 2 is 1.66 bits per heavy atom. The molecular formula is C38H40N8O7. The van der Waals surface area contributed by atoms with Gasteiger partial charge in [0.1, 0.15) is 17.5 Å². The highest BCUT2D eigenvalue weighted by molar-refractivity contribution is 6.23. The van der Waals surface area contributed by atoms with E-state index >= 15 is 0 Å². The summed E-state index contributed by atoms with van der Waals surface area (Å²) in [6.45, 7) is 6.08. The summed E-state index contributed by atoms with van der Waals surface area (Å²) in [6, 6.07) is 12.9.